The molecule has 0 bridgehead atoms. The number of amides is 1. The third-order valence-electron chi connectivity index (χ3n) is 2.02. The van der Waals surface area contributed by atoms with Crippen LogP contribution in [-0.4, -0.2) is 11.4 Å². The number of pyridine rings is 1. The molecule has 80 valence electrons. The Labute approximate surface area is 93.5 Å². The number of para-hydroxylation sites is 1. The van der Waals surface area contributed by atoms with Crippen LogP contribution in [0.15, 0.2) is 54.7 Å². The Bertz CT molecular complexity index is 444. The normalized spacial score (nSPS) is 9.50. The summed E-state index contributed by atoms with van der Waals surface area (Å²) in [5.74, 6) is 0.557. The van der Waals surface area contributed by atoms with Gasteiger partial charge >= 0.3 is 0 Å². The van der Waals surface area contributed by atoms with Crippen molar-refractivity contribution in [1.29, 1.82) is 0 Å². The molecule has 0 atom stereocenters. The van der Waals surface area contributed by atoms with Crippen LogP contribution in [0.2, 0.25) is 0 Å². The van der Waals surface area contributed by atoms with E-state index in [4.69, 9.17) is 0 Å². The van der Waals surface area contributed by atoms with Crippen LogP contribution in [0.1, 0.15) is 0 Å². The lowest BCUT2D eigenvalue weighted by atomic mass is 10.3. The SMILES string of the molecule is O=CN(Nc1ccccc1)c1ccccn1. The minimum atomic E-state index is 0.557. The van der Waals surface area contributed by atoms with E-state index in [0.29, 0.717) is 12.2 Å². The van der Waals surface area contributed by atoms with Gasteiger partial charge in [0.2, 0.25) is 6.41 Å². The van der Waals surface area contributed by atoms with E-state index in [0.717, 1.165) is 5.69 Å². The lowest BCUT2D eigenvalue weighted by Crippen LogP contribution is -2.28. The molecule has 2 aromatic rings. The molecule has 4 heteroatoms. The maximum atomic E-state index is 10.9. The average molecular weight is 213 g/mol. The summed E-state index contributed by atoms with van der Waals surface area (Å²) in [4.78, 5) is 15.0. The number of carbonyl (C=O) groups excluding carboxylic acids is 1. The zero-order chi connectivity index (χ0) is 11.2. The molecule has 0 aliphatic carbocycles. The molecule has 1 aromatic heterocycles. The molecule has 0 aliphatic heterocycles. The second kappa shape index (κ2) is 4.93. The molecule has 0 spiro atoms. The number of anilines is 2. The summed E-state index contributed by atoms with van der Waals surface area (Å²) in [5.41, 5.74) is 3.78. The van der Waals surface area contributed by atoms with Gasteiger partial charge in [-0.25, -0.2) is 9.99 Å². The fraction of sp³-hybridized carbons (Fsp3) is 0. The Morgan fingerprint density at radius 2 is 1.81 bits per heavy atom. The predicted octanol–water partition coefficient (Wildman–Crippen LogP) is 2.07. The predicted molar refractivity (Wildman–Crippen MR) is 62.8 cm³/mol. The van der Waals surface area contributed by atoms with E-state index in [2.05, 4.69) is 10.4 Å². The van der Waals surface area contributed by atoms with Crippen LogP contribution in [-0.2, 0) is 4.79 Å². The van der Waals surface area contributed by atoms with Gasteiger partial charge in [-0.15, -0.1) is 0 Å². The lowest BCUT2D eigenvalue weighted by molar-refractivity contribution is -0.107. The second-order valence-electron chi connectivity index (χ2n) is 3.14. The van der Waals surface area contributed by atoms with Crippen LogP contribution >= 0.6 is 0 Å². The lowest BCUT2D eigenvalue weighted by Gasteiger charge is -2.18. The molecule has 0 saturated carbocycles. The van der Waals surface area contributed by atoms with E-state index >= 15 is 0 Å². The number of aromatic nitrogens is 1. The van der Waals surface area contributed by atoms with Crippen LogP contribution in [0, 0.1) is 0 Å². The molecule has 0 saturated heterocycles. The van der Waals surface area contributed by atoms with Gasteiger partial charge in [0.15, 0.2) is 5.82 Å². The number of hydrogen-bond donors (Lipinski definition) is 1. The fourth-order valence-corrected chi connectivity index (χ4v) is 1.29. The second-order valence-corrected chi connectivity index (χ2v) is 3.14. The van der Waals surface area contributed by atoms with Crippen LogP contribution in [0.3, 0.4) is 0 Å². The summed E-state index contributed by atoms with van der Waals surface area (Å²) >= 11 is 0. The summed E-state index contributed by atoms with van der Waals surface area (Å²) in [6, 6.07) is 14.8. The highest BCUT2D eigenvalue weighted by molar-refractivity contribution is 5.76. The summed E-state index contributed by atoms with van der Waals surface area (Å²) in [7, 11) is 0. The van der Waals surface area contributed by atoms with E-state index in [9.17, 15) is 4.79 Å². The molecule has 1 N–H and O–H groups in total. The van der Waals surface area contributed by atoms with Crippen molar-refractivity contribution in [2.45, 2.75) is 0 Å². The molecule has 0 unspecified atom stereocenters. The number of nitrogens with zero attached hydrogens (tertiary/aromatic N) is 2. The third-order valence-corrected chi connectivity index (χ3v) is 2.02. The van der Waals surface area contributed by atoms with Crippen LogP contribution in [0.25, 0.3) is 0 Å². The van der Waals surface area contributed by atoms with E-state index in [1.165, 1.54) is 5.01 Å². The highest BCUT2D eigenvalue weighted by Gasteiger charge is 2.04. The van der Waals surface area contributed by atoms with Crippen molar-refractivity contribution in [1.82, 2.24) is 4.98 Å². The van der Waals surface area contributed by atoms with Crippen molar-refractivity contribution in [2.75, 3.05) is 10.4 Å². The van der Waals surface area contributed by atoms with Gasteiger partial charge in [-0.2, -0.15) is 0 Å². The number of benzene rings is 1. The first-order valence-electron chi connectivity index (χ1n) is 4.87. The summed E-state index contributed by atoms with van der Waals surface area (Å²) in [5, 5.41) is 1.33. The highest BCUT2D eigenvalue weighted by atomic mass is 16.1. The number of carbonyl (C=O) groups is 1. The molecule has 2 rings (SSSR count). The monoisotopic (exact) mass is 213 g/mol. The first kappa shape index (κ1) is 10.2. The zero-order valence-corrected chi connectivity index (χ0v) is 8.58. The van der Waals surface area contributed by atoms with Crippen molar-refractivity contribution < 1.29 is 4.79 Å². The van der Waals surface area contributed by atoms with Gasteiger partial charge in [0.25, 0.3) is 0 Å². The molecule has 1 heterocycles. The van der Waals surface area contributed by atoms with E-state index in [-0.39, 0.29) is 0 Å². The first-order chi connectivity index (χ1) is 7.90. The first-order valence-corrected chi connectivity index (χ1v) is 4.87. The van der Waals surface area contributed by atoms with Crippen LogP contribution in [0.5, 0.6) is 0 Å². The Kier molecular flexibility index (Phi) is 3.13. The molecule has 0 aliphatic rings. The minimum Gasteiger partial charge on any atom is -0.290 e. The van der Waals surface area contributed by atoms with Crippen molar-refractivity contribution in [3.8, 4) is 0 Å². The van der Waals surface area contributed by atoms with Gasteiger partial charge in [-0.3, -0.25) is 10.2 Å². The average Bonchev–Trinajstić information content (AvgIpc) is 2.38. The topological polar surface area (TPSA) is 45.2 Å². The Morgan fingerprint density at radius 1 is 1.06 bits per heavy atom. The van der Waals surface area contributed by atoms with E-state index in [1.807, 2.05) is 36.4 Å². The minimum absolute atomic E-state index is 0.557. The van der Waals surface area contributed by atoms with Crippen LogP contribution in [0.4, 0.5) is 11.5 Å². The highest BCUT2D eigenvalue weighted by Crippen LogP contribution is 2.11. The van der Waals surface area contributed by atoms with E-state index in [1.54, 1.807) is 18.3 Å². The quantitative estimate of drug-likeness (QED) is 0.624. The van der Waals surface area contributed by atoms with Gasteiger partial charge < -0.3 is 0 Å². The summed E-state index contributed by atoms with van der Waals surface area (Å²) in [6.07, 6.45) is 2.33. The molecular formula is C12H11N3O. The van der Waals surface area contributed by atoms with Gasteiger partial charge in [0.1, 0.15) is 0 Å². The van der Waals surface area contributed by atoms with Crippen molar-refractivity contribution in [3.63, 3.8) is 0 Å². The Morgan fingerprint density at radius 3 is 2.44 bits per heavy atom. The maximum Gasteiger partial charge on any atom is 0.234 e. The molecular weight excluding hydrogens is 202 g/mol. The fourth-order valence-electron chi connectivity index (χ4n) is 1.29. The molecule has 1 amide bonds. The third kappa shape index (κ3) is 2.36. The van der Waals surface area contributed by atoms with Crippen molar-refractivity contribution in [3.05, 3.63) is 54.7 Å². The molecule has 4 nitrogen and oxygen atoms in total. The zero-order valence-electron chi connectivity index (χ0n) is 8.58. The standard InChI is InChI=1S/C12H11N3O/c16-10-15(12-8-4-5-9-13-12)14-11-6-2-1-3-7-11/h1-10,14H. The smallest absolute Gasteiger partial charge is 0.234 e. The molecule has 16 heavy (non-hydrogen) atoms. The van der Waals surface area contributed by atoms with Crippen molar-refractivity contribution in [2.24, 2.45) is 0 Å². The van der Waals surface area contributed by atoms with Gasteiger partial charge in [-0.1, -0.05) is 24.3 Å². The van der Waals surface area contributed by atoms with Gasteiger partial charge in [-0.05, 0) is 24.3 Å². The number of nitrogens with one attached hydrogen (secondary N) is 1. The van der Waals surface area contributed by atoms with E-state index < -0.39 is 0 Å². The summed E-state index contributed by atoms with van der Waals surface area (Å²) in [6.45, 7) is 0. The number of hydrogen-bond acceptors (Lipinski definition) is 3. The van der Waals surface area contributed by atoms with Crippen LogP contribution < -0.4 is 10.4 Å². The number of hydrazine groups is 1. The van der Waals surface area contributed by atoms with Crippen molar-refractivity contribution >= 4 is 17.9 Å². The Balaban J connectivity index is 2.16. The molecule has 0 fully saturated rings. The largest absolute Gasteiger partial charge is 0.290 e. The maximum absolute atomic E-state index is 10.9. The molecule has 0 radical (unpaired) electrons. The summed E-state index contributed by atoms with van der Waals surface area (Å²) < 4.78 is 0. The number of rotatable bonds is 4. The molecule has 1 aromatic carbocycles. The van der Waals surface area contributed by atoms with Gasteiger partial charge in [0, 0.05) is 6.20 Å². The Hall–Kier alpha value is -2.36. The van der Waals surface area contributed by atoms with Gasteiger partial charge in [0.05, 0.1) is 5.69 Å².